The van der Waals surface area contributed by atoms with Crippen molar-refractivity contribution < 1.29 is 0 Å². The molecule has 0 heteroatoms. The fraction of sp³-hybridized carbons (Fsp3) is 0.778. The van der Waals surface area contributed by atoms with Gasteiger partial charge in [0, 0.05) is 0 Å². The first-order chi connectivity index (χ1) is 8.50. The molecule has 2 rings (SSSR count). The Morgan fingerprint density at radius 2 is 1.89 bits per heavy atom. The van der Waals surface area contributed by atoms with Crippen LogP contribution in [0.5, 0.6) is 0 Å². The third-order valence-corrected chi connectivity index (χ3v) is 5.95. The summed E-state index contributed by atoms with van der Waals surface area (Å²) in [6.45, 7) is 11.4. The van der Waals surface area contributed by atoms with Crippen molar-refractivity contribution in [2.75, 3.05) is 0 Å². The fourth-order valence-electron chi connectivity index (χ4n) is 5.00. The molecule has 0 bridgehead atoms. The molecule has 2 saturated carbocycles. The lowest BCUT2D eigenvalue weighted by atomic mass is 9.48. The van der Waals surface area contributed by atoms with Gasteiger partial charge in [-0.05, 0) is 54.8 Å². The maximum atomic E-state index is 3.78. The average Bonchev–Trinajstić information content (AvgIpc) is 2.30. The quantitative estimate of drug-likeness (QED) is 0.556. The van der Waals surface area contributed by atoms with Crippen molar-refractivity contribution in [1.29, 1.82) is 0 Å². The number of rotatable bonds is 3. The Morgan fingerprint density at radius 1 is 1.11 bits per heavy atom. The second kappa shape index (κ2) is 5.23. The Bertz CT molecular complexity index is 323. The van der Waals surface area contributed by atoms with Crippen molar-refractivity contribution in [3.8, 4) is 0 Å². The van der Waals surface area contributed by atoms with Crippen LogP contribution in [-0.2, 0) is 0 Å². The number of hydrogen-bond acceptors (Lipinski definition) is 0. The molecule has 0 heterocycles. The first kappa shape index (κ1) is 13.9. The van der Waals surface area contributed by atoms with E-state index in [4.69, 9.17) is 0 Å². The molecule has 18 heavy (non-hydrogen) atoms. The molecule has 0 aromatic rings. The molecular weight excluding hydrogens is 216 g/mol. The van der Waals surface area contributed by atoms with Crippen molar-refractivity contribution in [1.82, 2.24) is 0 Å². The summed E-state index contributed by atoms with van der Waals surface area (Å²) < 4.78 is 0. The molecule has 0 spiro atoms. The van der Waals surface area contributed by atoms with Crippen molar-refractivity contribution in [3.63, 3.8) is 0 Å². The minimum atomic E-state index is 0.563. The van der Waals surface area contributed by atoms with Gasteiger partial charge in [-0.15, -0.1) is 0 Å². The van der Waals surface area contributed by atoms with Crippen molar-refractivity contribution in [2.45, 2.75) is 65.7 Å². The van der Waals surface area contributed by atoms with Gasteiger partial charge in [0.25, 0.3) is 0 Å². The van der Waals surface area contributed by atoms with Crippen LogP contribution in [0.2, 0.25) is 0 Å². The molecule has 0 aromatic carbocycles. The molecule has 2 fully saturated rings. The van der Waals surface area contributed by atoms with E-state index in [0.29, 0.717) is 10.8 Å². The van der Waals surface area contributed by atoms with Crippen LogP contribution in [0.1, 0.15) is 65.7 Å². The van der Waals surface area contributed by atoms with Crippen LogP contribution in [0.15, 0.2) is 24.8 Å². The zero-order chi connectivity index (χ0) is 13.2. The average molecular weight is 246 g/mol. The molecule has 0 N–H and O–H groups in total. The summed E-state index contributed by atoms with van der Waals surface area (Å²) in [5.74, 6) is 1.83. The Labute approximate surface area is 114 Å². The summed E-state index contributed by atoms with van der Waals surface area (Å²) in [4.78, 5) is 0. The summed E-state index contributed by atoms with van der Waals surface area (Å²) in [7, 11) is 0. The lowest BCUT2D eigenvalue weighted by Gasteiger charge is -2.57. The van der Waals surface area contributed by atoms with E-state index >= 15 is 0 Å². The van der Waals surface area contributed by atoms with Gasteiger partial charge in [0.05, 0.1) is 0 Å². The summed E-state index contributed by atoms with van der Waals surface area (Å²) in [6, 6.07) is 0. The minimum Gasteiger partial charge on any atom is -0.0991 e. The second-order valence-corrected chi connectivity index (χ2v) is 7.43. The highest BCUT2D eigenvalue weighted by Crippen LogP contribution is 2.60. The van der Waals surface area contributed by atoms with Crippen LogP contribution >= 0.6 is 0 Å². The van der Waals surface area contributed by atoms with E-state index in [1.54, 1.807) is 0 Å². The second-order valence-electron chi connectivity index (χ2n) is 7.43. The Hall–Kier alpha value is -0.520. The molecule has 102 valence electrons. The first-order valence-electron chi connectivity index (χ1n) is 7.78. The Morgan fingerprint density at radius 3 is 2.61 bits per heavy atom. The molecule has 0 nitrogen and oxygen atoms in total. The highest BCUT2D eigenvalue weighted by atomic mass is 14.6. The van der Waals surface area contributed by atoms with Gasteiger partial charge < -0.3 is 0 Å². The van der Waals surface area contributed by atoms with E-state index in [1.807, 2.05) is 6.08 Å². The monoisotopic (exact) mass is 246 g/mol. The van der Waals surface area contributed by atoms with Crippen LogP contribution in [0, 0.1) is 22.7 Å². The van der Waals surface area contributed by atoms with Crippen LogP contribution < -0.4 is 0 Å². The van der Waals surface area contributed by atoms with Crippen LogP contribution in [-0.4, -0.2) is 0 Å². The topological polar surface area (TPSA) is 0 Å². The third kappa shape index (κ3) is 2.44. The van der Waals surface area contributed by atoms with Gasteiger partial charge in [-0.3, -0.25) is 0 Å². The van der Waals surface area contributed by atoms with Crippen molar-refractivity contribution in [3.05, 3.63) is 24.8 Å². The molecule has 0 radical (unpaired) electrons. The zero-order valence-electron chi connectivity index (χ0n) is 12.5. The Balaban J connectivity index is 2.17. The maximum absolute atomic E-state index is 3.78. The van der Waals surface area contributed by atoms with E-state index in [2.05, 4.69) is 39.5 Å². The third-order valence-electron chi connectivity index (χ3n) is 5.95. The van der Waals surface area contributed by atoms with E-state index < -0.39 is 0 Å². The van der Waals surface area contributed by atoms with Gasteiger partial charge in [0.15, 0.2) is 0 Å². The number of hydrogen-bond donors (Lipinski definition) is 0. The number of fused-ring (bicyclic) bond motifs is 1. The van der Waals surface area contributed by atoms with Crippen molar-refractivity contribution in [2.24, 2.45) is 22.7 Å². The molecule has 3 atom stereocenters. The first-order valence-corrected chi connectivity index (χ1v) is 7.78. The van der Waals surface area contributed by atoms with Gasteiger partial charge in [0.2, 0.25) is 0 Å². The van der Waals surface area contributed by atoms with E-state index in [-0.39, 0.29) is 0 Å². The van der Waals surface area contributed by atoms with Crippen LogP contribution in [0.4, 0.5) is 0 Å². The molecule has 0 aromatic heterocycles. The van der Waals surface area contributed by atoms with Gasteiger partial charge in [-0.1, -0.05) is 58.4 Å². The van der Waals surface area contributed by atoms with E-state index in [9.17, 15) is 0 Å². The highest BCUT2D eigenvalue weighted by molar-refractivity contribution is 5.05. The lowest BCUT2D eigenvalue weighted by molar-refractivity contribution is -0.0715. The van der Waals surface area contributed by atoms with Gasteiger partial charge in [0.1, 0.15) is 0 Å². The fourth-order valence-corrected chi connectivity index (χ4v) is 5.00. The predicted octanol–water partition coefficient (Wildman–Crippen LogP) is 5.75. The minimum absolute atomic E-state index is 0.563. The summed E-state index contributed by atoms with van der Waals surface area (Å²) in [5, 5.41) is 0. The van der Waals surface area contributed by atoms with Crippen LogP contribution in [0.3, 0.4) is 0 Å². The normalized spacial score (nSPS) is 39.5. The highest BCUT2D eigenvalue weighted by Gasteiger charge is 2.51. The summed E-state index contributed by atoms with van der Waals surface area (Å²) in [5.41, 5.74) is 1.15. The Kier molecular flexibility index (Phi) is 4.04. The van der Waals surface area contributed by atoms with Gasteiger partial charge >= 0.3 is 0 Å². The van der Waals surface area contributed by atoms with Crippen molar-refractivity contribution >= 4 is 0 Å². The van der Waals surface area contributed by atoms with E-state index in [1.165, 1.54) is 44.9 Å². The molecule has 3 unspecified atom stereocenters. The molecule has 0 aliphatic heterocycles. The smallest absolute Gasteiger partial charge is 0.0261 e. The largest absolute Gasteiger partial charge is 0.0991 e. The zero-order valence-corrected chi connectivity index (χ0v) is 12.5. The number of allylic oxidation sites excluding steroid dienone is 3. The lowest BCUT2D eigenvalue weighted by Crippen LogP contribution is -2.48. The SMILES string of the molecule is C=C/C=C/CC1CCCC2C(C)(C)CCCC12C. The molecule has 2 aliphatic carbocycles. The molecular formula is C18H30. The predicted molar refractivity (Wildman–Crippen MR) is 80.5 cm³/mol. The van der Waals surface area contributed by atoms with Gasteiger partial charge in [-0.2, -0.15) is 0 Å². The summed E-state index contributed by atoms with van der Waals surface area (Å²) in [6.07, 6.45) is 16.3. The molecule has 2 aliphatic rings. The van der Waals surface area contributed by atoms with Gasteiger partial charge in [-0.25, -0.2) is 0 Å². The van der Waals surface area contributed by atoms with E-state index in [0.717, 1.165) is 11.8 Å². The molecule has 0 saturated heterocycles. The van der Waals surface area contributed by atoms with Crippen LogP contribution in [0.25, 0.3) is 0 Å². The maximum Gasteiger partial charge on any atom is -0.0261 e. The summed E-state index contributed by atoms with van der Waals surface area (Å²) >= 11 is 0. The molecule has 0 amide bonds. The standard InChI is InChI=1S/C18H30/c1-5-6-7-10-15-11-8-12-16-17(2,3)13-9-14-18(15,16)4/h5-7,15-16H,1,8-14H2,2-4H3/b7-6+.